The highest BCUT2D eigenvalue weighted by Gasteiger charge is 2.69. The number of likely N-dealkylation sites (N-methyl/N-ethyl adjacent to an activating group) is 1. The minimum atomic E-state index is -0.968. The lowest BCUT2D eigenvalue weighted by Crippen LogP contribution is -2.58. The van der Waals surface area contributed by atoms with Crippen LogP contribution in [-0.2, 0) is 33.5 Å². The molecule has 1 aromatic carbocycles. The molecular formula is C41H62N4O8. The predicted molar refractivity (Wildman–Crippen MR) is 201 cm³/mol. The molecule has 1 aliphatic heterocycles. The standard InChI is InChI=1S/C41H62N4O8/c1-12-13-17-27(35(49)29(46)20-21-31(48)42-33(37(50)44(10)11)26-18-15-14-16-19-26)22-30(47)34-32-28(41(32,8)9)23-45(34)38(51)36(40(5,6)7)43-39(52)53-25(4)24(2)3/h14-16,18-19,24-25,27-28,32-34,36H,12-13,17,20-23H2,1-11H3,(H,42,48)(H,43,52)/t25?,27?,28?,32?,33-,34+,36+/m0/s1. The first-order valence-corrected chi connectivity index (χ1v) is 19.1. The fraction of sp³-hybridized carbons (Fsp3) is 0.683. The van der Waals surface area contributed by atoms with Gasteiger partial charge in [0, 0.05) is 45.8 Å². The molecule has 12 heteroatoms. The minimum absolute atomic E-state index is 0.0811. The van der Waals surface area contributed by atoms with Gasteiger partial charge in [0.25, 0.3) is 0 Å². The molecule has 2 fully saturated rings. The van der Waals surface area contributed by atoms with Crippen LogP contribution in [-0.4, -0.2) is 89.8 Å². The molecule has 1 aliphatic carbocycles. The molecule has 0 bridgehead atoms. The molecule has 4 amide bonds. The van der Waals surface area contributed by atoms with Crippen molar-refractivity contribution < 1.29 is 38.3 Å². The number of carbonyl (C=O) groups excluding carboxylic acids is 7. The van der Waals surface area contributed by atoms with Crippen molar-refractivity contribution in [2.24, 2.45) is 34.5 Å². The Bertz CT molecular complexity index is 1520. The highest BCUT2D eigenvalue weighted by Crippen LogP contribution is 2.65. The molecule has 53 heavy (non-hydrogen) atoms. The summed E-state index contributed by atoms with van der Waals surface area (Å²) in [7, 11) is 3.17. The monoisotopic (exact) mass is 738 g/mol. The van der Waals surface area contributed by atoms with E-state index in [1.807, 2.05) is 41.5 Å². The van der Waals surface area contributed by atoms with Gasteiger partial charge in [0.2, 0.25) is 23.5 Å². The Morgan fingerprint density at radius 3 is 2.13 bits per heavy atom. The van der Waals surface area contributed by atoms with Gasteiger partial charge in [0.05, 0.1) is 6.04 Å². The van der Waals surface area contributed by atoms with Crippen LogP contribution in [0.2, 0.25) is 0 Å². The number of hydrogen-bond acceptors (Lipinski definition) is 8. The van der Waals surface area contributed by atoms with Crippen molar-refractivity contribution in [1.82, 2.24) is 20.4 Å². The highest BCUT2D eigenvalue weighted by molar-refractivity contribution is 6.38. The van der Waals surface area contributed by atoms with Crippen LogP contribution >= 0.6 is 0 Å². The van der Waals surface area contributed by atoms with Gasteiger partial charge in [0.15, 0.2) is 11.6 Å². The van der Waals surface area contributed by atoms with Crippen molar-refractivity contribution in [3.8, 4) is 0 Å². The first kappa shape index (κ1) is 43.3. The quantitative estimate of drug-likeness (QED) is 0.193. The van der Waals surface area contributed by atoms with E-state index in [9.17, 15) is 33.6 Å². The maximum atomic E-state index is 14.3. The van der Waals surface area contributed by atoms with Crippen LogP contribution in [0.1, 0.15) is 112 Å². The van der Waals surface area contributed by atoms with E-state index in [1.54, 1.807) is 56.3 Å². The maximum absolute atomic E-state index is 14.3. The SMILES string of the molecule is CCCCC(CC(=O)[C@@H]1C2C(CN1C(=O)[C@@H](NC(=O)OC(C)C(C)C)C(C)(C)C)C2(C)C)C(=O)C(=O)CCC(=O)N[C@H](C(=O)N(C)C)c1ccccc1. The number of fused-ring (bicyclic) bond motifs is 1. The topological polar surface area (TPSA) is 159 Å². The first-order chi connectivity index (χ1) is 24.6. The average Bonchev–Trinajstić information content (AvgIpc) is 3.38. The van der Waals surface area contributed by atoms with Crippen molar-refractivity contribution in [3.63, 3.8) is 0 Å². The molecule has 0 aromatic heterocycles. The zero-order valence-electron chi connectivity index (χ0n) is 33.6. The number of amides is 4. The fourth-order valence-electron chi connectivity index (χ4n) is 7.30. The Balaban J connectivity index is 1.75. The van der Waals surface area contributed by atoms with Gasteiger partial charge in [-0.25, -0.2) is 4.79 Å². The molecule has 0 spiro atoms. The van der Waals surface area contributed by atoms with Crippen molar-refractivity contribution in [3.05, 3.63) is 35.9 Å². The van der Waals surface area contributed by atoms with Crippen molar-refractivity contribution in [2.45, 2.75) is 125 Å². The second-order valence-corrected chi connectivity index (χ2v) is 17.1. The summed E-state index contributed by atoms with van der Waals surface area (Å²) >= 11 is 0. The molecule has 1 saturated carbocycles. The Morgan fingerprint density at radius 2 is 1.58 bits per heavy atom. The lowest BCUT2D eigenvalue weighted by molar-refractivity contribution is -0.145. The van der Waals surface area contributed by atoms with Gasteiger partial charge in [0.1, 0.15) is 18.2 Å². The number of alkyl carbamates (subject to hydrolysis) is 1. The van der Waals surface area contributed by atoms with Crippen LogP contribution in [0.4, 0.5) is 4.79 Å². The van der Waals surface area contributed by atoms with Crippen LogP contribution in [0, 0.1) is 34.5 Å². The minimum Gasteiger partial charge on any atom is -0.446 e. The Kier molecular flexibility index (Phi) is 14.6. The van der Waals surface area contributed by atoms with E-state index >= 15 is 0 Å². The van der Waals surface area contributed by atoms with Gasteiger partial charge in [-0.05, 0) is 47.5 Å². The molecule has 1 heterocycles. The second-order valence-electron chi connectivity index (χ2n) is 17.1. The van der Waals surface area contributed by atoms with Gasteiger partial charge >= 0.3 is 6.09 Å². The Labute approximate surface area is 315 Å². The van der Waals surface area contributed by atoms with Gasteiger partial charge < -0.3 is 25.2 Å². The number of nitrogens with zero attached hydrogens (tertiary/aromatic N) is 2. The predicted octanol–water partition coefficient (Wildman–Crippen LogP) is 5.28. The van der Waals surface area contributed by atoms with Crippen molar-refractivity contribution in [2.75, 3.05) is 20.6 Å². The van der Waals surface area contributed by atoms with E-state index in [2.05, 4.69) is 24.5 Å². The molecule has 1 saturated heterocycles. The summed E-state index contributed by atoms with van der Waals surface area (Å²) in [5.41, 5.74) is -0.303. The largest absolute Gasteiger partial charge is 0.446 e. The fourth-order valence-corrected chi connectivity index (χ4v) is 7.30. The molecule has 2 aliphatic rings. The van der Waals surface area contributed by atoms with Crippen LogP contribution in [0.5, 0.6) is 0 Å². The number of benzene rings is 1. The molecule has 0 radical (unpaired) electrons. The number of unbranched alkanes of at least 4 members (excludes halogenated alkanes) is 1. The normalized spacial score (nSPS) is 21.1. The molecule has 4 unspecified atom stereocenters. The third-order valence-corrected chi connectivity index (χ3v) is 11.1. The van der Waals surface area contributed by atoms with Crippen LogP contribution in [0.25, 0.3) is 0 Å². The molecule has 7 atom stereocenters. The third-order valence-electron chi connectivity index (χ3n) is 11.1. The summed E-state index contributed by atoms with van der Waals surface area (Å²) in [5, 5.41) is 5.47. The average molecular weight is 739 g/mol. The number of likely N-dealkylation sites (tertiary alicyclic amines) is 1. The summed E-state index contributed by atoms with van der Waals surface area (Å²) in [5.74, 6) is -3.86. The lowest BCUT2D eigenvalue weighted by Gasteiger charge is -2.38. The number of Topliss-reactive ketones (excluding diaryl/α,β-unsaturated/α-hetero) is 3. The van der Waals surface area contributed by atoms with Gasteiger partial charge in [-0.15, -0.1) is 0 Å². The van der Waals surface area contributed by atoms with Crippen LogP contribution in [0.15, 0.2) is 30.3 Å². The molecule has 2 N–H and O–H groups in total. The number of ketones is 3. The lowest BCUT2D eigenvalue weighted by atomic mass is 9.83. The maximum Gasteiger partial charge on any atom is 0.408 e. The smallest absolute Gasteiger partial charge is 0.408 e. The number of hydrogen-bond donors (Lipinski definition) is 2. The third kappa shape index (κ3) is 10.8. The number of piperidine rings is 1. The van der Waals surface area contributed by atoms with E-state index < -0.39 is 53.0 Å². The second kappa shape index (κ2) is 17.8. The first-order valence-electron chi connectivity index (χ1n) is 19.1. The summed E-state index contributed by atoms with van der Waals surface area (Å²) < 4.78 is 5.52. The number of carbonyl (C=O) groups is 7. The summed E-state index contributed by atoms with van der Waals surface area (Å²) in [6.45, 7) is 17.6. The zero-order valence-corrected chi connectivity index (χ0v) is 33.6. The van der Waals surface area contributed by atoms with Crippen LogP contribution < -0.4 is 10.6 Å². The van der Waals surface area contributed by atoms with Gasteiger partial charge in [-0.1, -0.05) is 98.6 Å². The summed E-state index contributed by atoms with van der Waals surface area (Å²) in [4.78, 5) is 97.1. The number of ether oxygens (including phenoxy) is 1. The van der Waals surface area contributed by atoms with Crippen molar-refractivity contribution >= 4 is 41.2 Å². The summed E-state index contributed by atoms with van der Waals surface area (Å²) in [6, 6.07) is 6.04. The van der Waals surface area contributed by atoms with E-state index in [4.69, 9.17) is 4.74 Å². The molecular weight excluding hydrogens is 676 g/mol. The van der Waals surface area contributed by atoms with E-state index in [0.717, 1.165) is 6.42 Å². The van der Waals surface area contributed by atoms with E-state index in [-0.39, 0.29) is 66.1 Å². The highest BCUT2D eigenvalue weighted by atomic mass is 16.6. The van der Waals surface area contributed by atoms with Crippen molar-refractivity contribution in [1.29, 1.82) is 0 Å². The Hall–Kier alpha value is -4.09. The molecule has 3 rings (SSSR count). The number of nitrogens with one attached hydrogen (secondary N) is 2. The molecule has 12 nitrogen and oxygen atoms in total. The van der Waals surface area contributed by atoms with Gasteiger partial charge in [-0.3, -0.25) is 28.8 Å². The van der Waals surface area contributed by atoms with Crippen LogP contribution in [0.3, 0.4) is 0 Å². The Morgan fingerprint density at radius 1 is 0.962 bits per heavy atom. The van der Waals surface area contributed by atoms with E-state index in [0.29, 0.717) is 24.9 Å². The molecule has 1 aromatic rings. The zero-order chi connectivity index (χ0) is 40.0. The molecule has 294 valence electrons. The van der Waals surface area contributed by atoms with E-state index in [1.165, 1.54) is 4.90 Å². The number of rotatable bonds is 18. The van der Waals surface area contributed by atoms with Gasteiger partial charge in [-0.2, -0.15) is 0 Å². The summed E-state index contributed by atoms with van der Waals surface area (Å²) in [6.07, 6.45) is -0.277.